The van der Waals surface area contributed by atoms with Gasteiger partial charge in [0, 0.05) is 9.97 Å². The Labute approximate surface area is 64.4 Å². The first-order chi connectivity index (χ1) is 3.80. The van der Waals surface area contributed by atoms with E-state index in [9.17, 15) is 0 Å². The van der Waals surface area contributed by atoms with Crippen molar-refractivity contribution in [2.24, 2.45) is 0 Å². The SMILES string of the molecule is CC1NCCCC1I. The molecule has 0 aromatic heterocycles. The minimum absolute atomic E-state index is 0.740. The molecule has 1 heterocycles. The Morgan fingerprint density at radius 2 is 2.38 bits per heavy atom. The van der Waals surface area contributed by atoms with Crippen molar-refractivity contribution in [2.45, 2.75) is 29.7 Å². The molecule has 0 amide bonds. The predicted octanol–water partition coefficient (Wildman–Crippen LogP) is 1.56. The summed E-state index contributed by atoms with van der Waals surface area (Å²) in [5, 5.41) is 3.42. The molecule has 0 bridgehead atoms. The second-order valence-corrected chi connectivity index (χ2v) is 4.00. The van der Waals surface area contributed by atoms with Gasteiger partial charge in [-0.25, -0.2) is 0 Å². The summed E-state index contributed by atoms with van der Waals surface area (Å²) in [4.78, 5) is 0. The fourth-order valence-electron chi connectivity index (χ4n) is 1.00. The molecule has 1 aliphatic rings. The molecule has 1 saturated heterocycles. The lowest BCUT2D eigenvalue weighted by Gasteiger charge is -2.24. The number of hydrogen-bond acceptors (Lipinski definition) is 1. The molecular weight excluding hydrogens is 213 g/mol. The highest BCUT2D eigenvalue weighted by molar-refractivity contribution is 14.1. The van der Waals surface area contributed by atoms with Crippen molar-refractivity contribution < 1.29 is 0 Å². The molecule has 2 unspecified atom stereocenters. The van der Waals surface area contributed by atoms with E-state index >= 15 is 0 Å². The van der Waals surface area contributed by atoms with E-state index in [1.165, 1.54) is 19.4 Å². The number of rotatable bonds is 0. The number of nitrogens with one attached hydrogen (secondary N) is 1. The second kappa shape index (κ2) is 3.01. The van der Waals surface area contributed by atoms with Crippen LogP contribution in [0.5, 0.6) is 0 Å². The van der Waals surface area contributed by atoms with E-state index in [1.807, 2.05) is 0 Å². The summed E-state index contributed by atoms with van der Waals surface area (Å²) in [6.45, 7) is 3.48. The standard InChI is InChI=1S/C6H12IN/c1-5-6(7)3-2-4-8-5/h5-6,8H,2-4H2,1H3. The number of piperidine rings is 1. The molecule has 1 nitrogen and oxygen atoms in total. The summed E-state index contributed by atoms with van der Waals surface area (Å²) in [5.41, 5.74) is 0. The zero-order valence-electron chi connectivity index (χ0n) is 5.15. The van der Waals surface area contributed by atoms with Crippen LogP contribution in [0.2, 0.25) is 0 Å². The van der Waals surface area contributed by atoms with E-state index in [1.54, 1.807) is 0 Å². The normalized spacial score (nSPS) is 39.8. The van der Waals surface area contributed by atoms with E-state index in [2.05, 4.69) is 34.8 Å². The smallest absolute Gasteiger partial charge is 0.0261 e. The third kappa shape index (κ3) is 1.58. The van der Waals surface area contributed by atoms with Crippen molar-refractivity contribution in [1.82, 2.24) is 5.32 Å². The third-order valence-electron chi connectivity index (χ3n) is 1.67. The molecule has 1 aliphatic heterocycles. The van der Waals surface area contributed by atoms with Crippen LogP contribution in [0.3, 0.4) is 0 Å². The largest absolute Gasteiger partial charge is 0.313 e. The van der Waals surface area contributed by atoms with Crippen molar-refractivity contribution >= 4 is 22.6 Å². The molecule has 8 heavy (non-hydrogen) atoms. The zero-order chi connectivity index (χ0) is 5.98. The van der Waals surface area contributed by atoms with Gasteiger partial charge in [-0.1, -0.05) is 22.6 Å². The van der Waals surface area contributed by atoms with Crippen LogP contribution >= 0.6 is 22.6 Å². The van der Waals surface area contributed by atoms with E-state index in [-0.39, 0.29) is 0 Å². The summed E-state index contributed by atoms with van der Waals surface area (Å²) < 4.78 is 0.862. The Balaban J connectivity index is 2.28. The average Bonchev–Trinajstić information content (AvgIpc) is 1.77. The second-order valence-electron chi connectivity index (χ2n) is 2.40. The number of hydrogen-bond donors (Lipinski definition) is 1. The van der Waals surface area contributed by atoms with Gasteiger partial charge >= 0.3 is 0 Å². The summed E-state index contributed by atoms with van der Waals surface area (Å²) in [6.07, 6.45) is 2.76. The van der Waals surface area contributed by atoms with Gasteiger partial charge in [0.25, 0.3) is 0 Å². The molecule has 0 aromatic carbocycles. The van der Waals surface area contributed by atoms with Crippen LogP contribution in [0.4, 0.5) is 0 Å². The van der Waals surface area contributed by atoms with Crippen LogP contribution in [0.1, 0.15) is 19.8 Å². The maximum Gasteiger partial charge on any atom is 0.0261 e. The van der Waals surface area contributed by atoms with Crippen molar-refractivity contribution in [2.75, 3.05) is 6.54 Å². The van der Waals surface area contributed by atoms with Gasteiger partial charge in [0.1, 0.15) is 0 Å². The van der Waals surface area contributed by atoms with Gasteiger partial charge in [0.15, 0.2) is 0 Å². The monoisotopic (exact) mass is 225 g/mol. The lowest BCUT2D eigenvalue weighted by molar-refractivity contribution is 0.447. The van der Waals surface area contributed by atoms with Crippen molar-refractivity contribution in [3.63, 3.8) is 0 Å². The van der Waals surface area contributed by atoms with Crippen molar-refractivity contribution in [1.29, 1.82) is 0 Å². The Morgan fingerprint density at radius 3 is 2.75 bits per heavy atom. The summed E-state index contributed by atoms with van der Waals surface area (Å²) >= 11 is 2.52. The maximum atomic E-state index is 3.42. The van der Waals surface area contributed by atoms with Gasteiger partial charge in [-0.3, -0.25) is 0 Å². The Kier molecular flexibility index (Phi) is 2.56. The molecule has 0 aromatic rings. The van der Waals surface area contributed by atoms with Crippen LogP contribution in [0.15, 0.2) is 0 Å². The Bertz CT molecular complexity index is 64.9. The number of alkyl halides is 1. The molecule has 0 spiro atoms. The third-order valence-corrected chi connectivity index (χ3v) is 3.37. The van der Waals surface area contributed by atoms with Crippen molar-refractivity contribution in [3.05, 3.63) is 0 Å². The Hall–Kier alpha value is 0.690. The fourth-order valence-corrected chi connectivity index (χ4v) is 1.70. The molecule has 0 saturated carbocycles. The Morgan fingerprint density at radius 1 is 1.62 bits per heavy atom. The highest BCUT2D eigenvalue weighted by atomic mass is 127. The van der Waals surface area contributed by atoms with Gasteiger partial charge in [0.2, 0.25) is 0 Å². The molecule has 0 radical (unpaired) electrons. The summed E-state index contributed by atoms with van der Waals surface area (Å²) in [7, 11) is 0. The fraction of sp³-hybridized carbons (Fsp3) is 1.00. The van der Waals surface area contributed by atoms with Gasteiger partial charge in [-0.05, 0) is 26.3 Å². The van der Waals surface area contributed by atoms with Gasteiger partial charge in [-0.15, -0.1) is 0 Å². The first-order valence-electron chi connectivity index (χ1n) is 3.18. The minimum Gasteiger partial charge on any atom is -0.313 e. The quantitative estimate of drug-likeness (QED) is 0.487. The topological polar surface area (TPSA) is 12.0 Å². The zero-order valence-corrected chi connectivity index (χ0v) is 7.31. The molecule has 1 N–H and O–H groups in total. The molecule has 48 valence electrons. The lowest BCUT2D eigenvalue weighted by Crippen LogP contribution is -2.39. The van der Waals surface area contributed by atoms with E-state index < -0.39 is 0 Å². The molecule has 1 fully saturated rings. The summed E-state index contributed by atoms with van der Waals surface area (Å²) in [5.74, 6) is 0. The highest BCUT2D eigenvalue weighted by Gasteiger charge is 2.16. The highest BCUT2D eigenvalue weighted by Crippen LogP contribution is 2.16. The molecule has 0 aliphatic carbocycles. The van der Waals surface area contributed by atoms with Crippen LogP contribution < -0.4 is 5.32 Å². The molecule has 1 rings (SSSR count). The van der Waals surface area contributed by atoms with Gasteiger partial charge < -0.3 is 5.32 Å². The lowest BCUT2D eigenvalue weighted by atomic mass is 10.1. The van der Waals surface area contributed by atoms with Crippen molar-refractivity contribution in [3.8, 4) is 0 Å². The number of halogens is 1. The molecule has 2 atom stereocenters. The first-order valence-corrected chi connectivity index (χ1v) is 4.43. The van der Waals surface area contributed by atoms with Crippen LogP contribution in [-0.2, 0) is 0 Å². The average molecular weight is 225 g/mol. The minimum atomic E-state index is 0.740. The van der Waals surface area contributed by atoms with Crippen LogP contribution in [-0.4, -0.2) is 16.5 Å². The first kappa shape index (κ1) is 6.81. The van der Waals surface area contributed by atoms with Crippen LogP contribution in [0, 0.1) is 0 Å². The maximum absolute atomic E-state index is 3.42. The van der Waals surface area contributed by atoms with E-state index in [4.69, 9.17) is 0 Å². The van der Waals surface area contributed by atoms with Crippen LogP contribution in [0.25, 0.3) is 0 Å². The predicted molar refractivity (Wildman–Crippen MR) is 44.5 cm³/mol. The molecular formula is C6H12IN. The van der Waals surface area contributed by atoms with E-state index in [0.29, 0.717) is 0 Å². The van der Waals surface area contributed by atoms with Gasteiger partial charge in [-0.2, -0.15) is 0 Å². The van der Waals surface area contributed by atoms with E-state index in [0.717, 1.165) is 9.97 Å². The summed E-state index contributed by atoms with van der Waals surface area (Å²) in [6, 6.07) is 0.740. The molecule has 2 heteroatoms. The van der Waals surface area contributed by atoms with Gasteiger partial charge in [0.05, 0.1) is 0 Å².